The first-order chi connectivity index (χ1) is 8.81. The van der Waals surface area contributed by atoms with Crippen molar-refractivity contribution in [3.63, 3.8) is 0 Å². The average Bonchev–Trinajstić information content (AvgIpc) is 2.66. The first kappa shape index (κ1) is 13.3. The number of imidazole rings is 1. The van der Waals surface area contributed by atoms with Crippen LogP contribution in [0, 0.1) is 12.7 Å². The van der Waals surface area contributed by atoms with E-state index in [-0.39, 0.29) is 16.4 Å². The lowest BCUT2D eigenvalue weighted by molar-refractivity contribution is 0.595. The Morgan fingerprint density at radius 3 is 2.63 bits per heavy atom. The highest BCUT2D eigenvalue weighted by atomic mass is 32.2. The number of aromatic nitrogens is 2. The molecule has 0 saturated carbocycles. The van der Waals surface area contributed by atoms with Crippen LogP contribution in [0.3, 0.4) is 0 Å². The van der Waals surface area contributed by atoms with Crippen LogP contribution in [0.15, 0.2) is 29.4 Å². The van der Waals surface area contributed by atoms with E-state index in [1.807, 2.05) is 0 Å². The van der Waals surface area contributed by atoms with Gasteiger partial charge in [-0.3, -0.25) is 4.72 Å². The summed E-state index contributed by atoms with van der Waals surface area (Å²) in [6.45, 7) is 1.66. The molecule has 0 aliphatic rings. The molecule has 1 heterocycles. The van der Waals surface area contributed by atoms with Crippen molar-refractivity contribution in [3.8, 4) is 0 Å². The van der Waals surface area contributed by atoms with Gasteiger partial charge in [0, 0.05) is 13.2 Å². The zero-order chi connectivity index (χ0) is 14.2. The van der Waals surface area contributed by atoms with E-state index in [2.05, 4.69) is 9.71 Å². The molecule has 6 nitrogen and oxygen atoms in total. The SMILES string of the molecule is Cc1nc(S(=O)(=O)Nc2c(N)cccc2F)cn1C. The van der Waals surface area contributed by atoms with Gasteiger partial charge in [0.2, 0.25) is 0 Å². The van der Waals surface area contributed by atoms with Crippen molar-refractivity contribution in [2.24, 2.45) is 7.05 Å². The van der Waals surface area contributed by atoms with Crippen LogP contribution < -0.4 is 10.5 Å². The molecule has 0 unspecified atom stereocenters. The topological polar surface area (TPSA) is 90.0 Å². The smallest absolute Gasteiger partial charge is 0.281 e. The van der Waals surface area contributed by atoms with Crippen LogP contribution in [0.1, 0.15) is 5.82 Å². The Morgan fingerprint density at radius 2 is 2.11 bits per heavy atom. The highest BCUT2D eigenvalue weighted by molar-refractivity contribution is 7.92. The Bertz CT molecular complexity index is 685. The van der Waals surface area contributed by atoms with Gasteiger partial charge in [0.1, 0.15) is 17.3 Å². The first-order valence-corrected chi connectivity index (χ1v) is 6.86. The van der Waals surface area contributed by atoms with E-state index in [0.29, 0.717) is 5.82 Å². The third kappa shape index (κ3) is 2.53. The Morgan fingerprint density at radius 1 is 1.42 bits per heavy atom. The van der Waals surface area contributed by atoms with E-state index in [0.717, 1.165) is 6.07 Å². The third-order valence-corrected chi connectivity index (χ3v) is 3.86. The van der Waals surface area contributed by atoms with E-state index in [1.54, 1.807) is 18.5 Å². The summed E-state index contributed by atoms with van der Waals surface area (Å²) in [6.07, 6.45) is 1.34. The summed E-state index contributed by atoms with van der Waals surface area (Å²) in [5.41, 5.74) is 5.29. The van der Waals surface area contributed by atoms with Gasteiger partial charge in [-0.2, -0.15) is 8.42 Å². The number of hydrogen-bond acceptors (Lipinski definition) is 4. The molecule has 1 aromatic carbocycles. The highest BCUT2D eigenvalue weighted by Crippen LogP contribution is 2.24. The lowest BCUT2D eigenvalue weighted by Crippen LogP contribution is -2.15. The standard InChI is InChI=1S/C11H13FN4O2S/c1-7-14-10(6-16(7)2)19(17,18)15-11-8(12)4-3-5-9(11)13/h3-6,15H,13H2,1-2H3. The molecule has 3 N–H and O–H groups in total. The number of para-hydroxylation sites is 1. The van der Waals surface area contributed by atoms with Gasteiger partial charge >= 0.3 is 0 Å². The Hall–Kier alpha value is -2.09. The van der Waals surface area contributed by atoms with Gasteiger partial charge < -0.3 is 10.3 Å². The second-order valence-electron chi connectivity index (χ2n) is 4.05. The monoisotopic (exact) mass is 284 g/mol. The fourth-order valence-electron chi connectivity index (χ4n) is 1.49. The molecule has 2 rings (SSSR count). The molecular formula is C11H13FN4O2S. The lowest BCUT2D eigenvalue weighted by Gasteiger charge is -2.09. The summed E-state index contributed by atoms with van der Waals surface area (Å²) in [4.78, 5) is 3.89. The first-order valence-electron chi connectivity index (χ1n) is 5.38. The van der Waals surface area contributed by atoms with Gasteiger partial charge in [0.15, 0.2) is 5.03 Å². The predicted molar refractivity (Wildman–Crippen MR) is 69.6 cm³/mol. The minimum absolute atomic E-state index is 0.0104. The summed E-state index contributed by atoms with van der Waals surface area (Å²) in [7, 11) is -2.30. The van der Waals surface area contributed by atoms with Gasteiger partial charge in [-0.05, 0) is 19.1 Å². The minimum atomic E-state index is -3.96. The number of halogens is 1. The number of hydrogen-bond donors (Lipinski definition) is 2. The second-order valence-corrected chi connectivity index (χ2v) is 5.68. The van der Waals surface area contributed by atoms with Crippen LogP contribution in [-0.4, -0.2) is 18.0 Å². The lowest BCUT2D eigenvalue weighted by atomic mass is 10.3. The van der Waals surface area contributed by atoms with Crippen molar-refractivity contribution in [2.45, 2.75) is 11.9 Å². The number of nitrogens with one attached hydrogen (secondary N) is 1. The van der Waals surface area contributed by atoms with E-state index in [9.17, 15) is 12.8 Å². The van der Waals surface area contributed by atoms with Gasteiger partial charge in [0.05, 0.1) is 5.69 Å². The minimum Gasteiger partial charge on any atom is -0.397 e. The van der Waals surface area contributed by atoms with Crippen molar-refractivity contribution in [2.75, 3.05) is 10.5 Å². The molecule has 0 amide bonds. The fraction of sp³-hybridized carbons (Fsp3) is 0.182. The van der Waals surface area contributed by atoms with Crippen molar-refractivity contribution in [3.05, 3.63) is 36.0 Å². The normalized spacial score (nSPS) is 11.5. The number of nitrogens with two attached hydrogens (primary N) is 1. The summed E-state index contributed by atoms with van der Waals surface area (Å²) < 4.78 is 41.3. The van der Waals surface area contributed by atoms with Gasteiger partial charge in [-0.1, -0.05) is 6.07 Å². The number of nitrogens with zero attached hydrogens (tertiary/aromatic N) is 2. The van der Waals surface area contributed by atoms with Crippen LogP contribution in [0.4, 0.5) is 15.8 Å². The third-order valence-electron chi connectivity index (χ3n) is 2.64. The van der Waals surface area contributed by atoms with Crippen LogP contribution >= 0.6 is 0 Å². The number of sulfonamides is 1. The maximum atomic E-state index is 13.5. The van der Waals surface area contributed by atoms with Gasteiger partial charge in [0.25, 0.3) is 10.0 Å². The zero-order valence-corrected chi connectivity index (χ0v) is 11.2. The molecule has 0 fully saturated rings. The number of benzene rings is 1. The quantitative estimate of drug-likeness (QED) is 0.830. The van der Waals surface area contributed by atoms with Crippen molar-refractivity contribution in [1.29, 1.82) is 0 Å². The number of aryl methyl sites for hydroxylation is 2. The van der Waals surface area contributed by atoms with E-state index in [1.165, 1.54) is 18.3 Å². The molecule has 0 saturated heterocycles. The number of rotatable bonds is 3. The molecule has 1 aromatic heterocycles. The molecule has 0 atom stereocenters. The van der Waals surface area contributed by atoms with Crippen LogP contribution in [0.2, 0.25) is 0 Å². The van der Waals surface area contributed by atoms with Gasteiger partial charge in [-0.25, -0.2) is 9.37 Å². The molecule has 8 heteroatoms. The molecule has 2 aromatic rings. The molecule has 0 bridgehead atoms. The summed E-state index contributed by atoms with van der Waals surface area (Å²) >= 11 is 0. The van der Waals surface area contributed by atoms with Crippen molar-refractivity contribution in [1.82, 2.24) is 9.55 Å². The maximum absolute atomic E-state index is 13.5. The van der Waals surface area contributed by atoms with Crippen LogP contribution in [-0.2, 0) is 17.1 Å². The fourth-order valence-corrected chi connectivity index (χ4v) is 2.63. The maximum Gasteiger partial charge on any atom is 0.281 e. The molecule has 102 valence electrons. The largest absolute Gasteiger partial charge is 0.397 e. The van der Waals surface area contributed by atoms with Gasteiger partial charge in [-0.15, -0.1) is 0 Å². The van der Waals surface area contributed by atoms with Crippen molar-refractivity contribution >= 4 is 21.4 Å². The average molecular weight is 284 g/mol. The predicted octanol–water partition coefficient (Wildman–Crippen LogP) is 1.25. The highest BCUT2D eigenvalue weighted by Gasteiger charge is 2.21. The summed E-state index contributed by atoms with van der Waals surface area (Å²) in [5.74, 6) is -0.210. The number of anilines is 2. The van der Waals surface area contributed by atoms with Crippen molar-refractivity contribution < 1.29 is 12.8 Å². The van der Waals surface area contributed by atoms with E-state index in [4.69, 9.17) is 5.73 Å². The van der Waals surface area contributed by atoms with Crippen LogP contribution in [0.25, 0.3) is 0 Å². The zero-order valence-electron chi connectivity index (χ0n) is 10.4. The van der Waals surface area contributed by atoms with E-state index >= 15 is 0 Å². The Kier molecular flexibility index (Phi) is 3.19. The Labute approximate surface area is 110 Å². The molecule has 0 radical (unpaired) electrons. The summed E-state index contributed by atoms with van der Waals surface area (Å²) in [6, 6.07) is 3.93. The molecule has 0 spiro atoms. The molecule has 19 heavy (non-hydrogen) atoms. The molecular weight excluding hydrogens is 271 g/mol. The number of nitrogen functional groups attached to an aromatic ring is 1. The summed E-state index contributed by atoms with van der Waals surface area (Å²) in [5, 5.41) is -0.185. The Balaban J connectivity index is 2.42. The molecule has 0 aliphatic heterocycles. The van der Waals surface area contributed by atoms with E-state index < -0.39 is 15.8 Å². The second kappa shape index (κ2) is 4.54. The van der Waals surface area contributed by atoms with Crippen LogP contribution in [0.5, 0.6) is 0 Å². The molecule has 0 aliphatic carbocycles.